The standard InChI is InChI=1S/C63H4O/c1-61(2-64)62-57-49-41-31-21-13-5-3-4-7-11-9(5)17-25-19(11)29-23-15(7)16-8(4)12-10-6(3)14(13)22-28-18(10)26-20(12)30-24(16)34-33(23)43-37(29)47-39(25)45(35(41)27(17)21)53(57)55(47)59-51(43)52-44(34)38(30)48-40(26)46-36(28)42(32(22)31)50(49)58(62)54(46)56(48)60(52)63(59,61)62/h2H,1H3. The van der Waals surface area contributed by atoms with Crippen LogP contribution in [0.4, 0.5) is 0 Å². The van der Waals surface area contributed by atoms with Crippen LogP contribution in [0, 0.1) is 5.41 Å². The lowest BCUT2D eigenvalue weighted by atomic mass is 9.68. The molecule has 0 bridgehead atoms. The second-order valence-electron chi connectivity index (χ2n) is 24.6. The van der Waals surface area contributed by atoms with E-state index in [1.54, 1.807) is 319 Å². The molecular formula is C63H4O. The van der Waals surface area contributed by atoms with Crippen molar-refractivity contribution in [3.8, 4) is 0 Å². The minimum Gasteiger partial charge on any atom is -0.303 e. The zero-order valence-corrected chi connectivity index (χ0v) is 32.5. The van der Waals surface area contributed by atoms with Crippen LogP contribution in [0.5, 0.6) is 0 Å². The molecule has 0 aromatic heterocycles. The van der Waals surface area contributed by atoms with Gasteiger partial charge in [-0.2, -0.15) is 0 Å². The highest BCUT2D eigenvalue weighted by Crippen LogP contribution is 2.95. The van der Waals surface area contributed by atoms with Gasteiger partial charge in [-0.15, -0.1) is 0 Å². The fraction of sp³-hybridized carbons (Fsp3) is 0.0635. The molecule has 5 aliphatic carbocycles. The predicted molar refractivity (Wildman–Crippen MR) is 268 cm³/mol. The quantitative estimate of drug-likeness (QED) is 0.120. The van der Waals surface area contributed by atoms with Crippen molar-refractivity contribution in [2.45, 2.75) is 17.8 Å². The highest BCUT2D eigenvalue weighted by Gasteiger charge is 2.93. The number of carbonyl (C=O) groups excluding carboxylic acids is 1. The van der Waals surface area contributed by atoms with Gasteiger partial charge in [0.15, 0.2) is 0 Å². The van der Waals surface area contributed by atoms with Crippen molar-refractivity contribution in [2.24, 2.45) is 5.41 Å². The Morgan fingerprint density at radius 3 is 0.375 bits per heavy atom. The number of hydrogen-bond acceptors (Lipinski definition) is 1. The van der Waals surface area contributed by atoms with Gasteiger partial charge in [0.1, 0.15) is 6.29 Å². The zero-order chi connectivity index (χ0) is 37.7. The smallest absolute Gasteiger partial charge is 0.128 e. The van der Waals surface area contributed by atoms with Crippen LogP contribution in [-0.2, 0) is 15.6 Å². The minimum atomic E-state index is -0.593. The molecule has 64 heavy (non-hydrogen) atoms. The molecule has 0 saturated heterocycles. The maximum absolute atomic E-state index is 15.2. The summed E-state index contributed by atoms with van der Waals surface area (Å²) < 4.78 is 0. The van der Waals surface area contributed by atoms with Crippen LogP contribution in [0.3, 0.4) is 0 Å². The van der Waals surface area contributed by atoms with Gasteiger partial charge in [-0.05, 0) is 313 Å². The molecule has 28 aromatic carbocycles. The summed E-state index contributed by atoms with van der Waals surface area (Å²) in [5, 5.41) is 87.2. The van der Waals surface area contributed by atoms with E-state index in [2.05, 4.69) is 6.92 Å². The van der Waals surface area contributed by atoms with Gasteiger partial charge in [0.05, 0.1) is 16.2 Å². The van der Waals surface area contributed by atoms with E-state index < -0.39 is 16.2 Å². The average molecular weight is 777 g/mol. The molecule has 262 valence electrons. The van der Waals surface area contributed by atoms with Crippen LogP contribution >= 0.6 is 0 Å². The molecule has 1 saturated carbocycles. The minimum absolute atomic E-state index is 0.410. The molecule has 0 atom stereocenters. The fourth-order valence-corrected chi connectivity index (χ4v) is 25.2. The second-order valence-corrected chi connectivity index (χ2v) is 24.6. The molecule has 28 aromatic rings. The third-order valence-corrected chi connectivity index (χ3v) is 25.0. The lowest BCUT2D eigenvalue weighted by molar-refractivity contribution is -0.112. The Morgan fingerprint density at radius 2 is 0.281 bits per heavy atom. The first-order valence-electron chi connectivity index (χ1n) is 24.0. The number of hydrogen-bond donors (Lipinski definition) is 0. The van der Waals surface area contributed by atoms with Gasteiger partial charge >= 0.3 is 0 Å². The summed E-state index contributed by atoms with van der Waals surface area (Å²) in [5.41, 5.74) is 5.02. The maximum Gasteiger partial charge on any atom is 0.128 e. The Labute approximate surface area is 345 Å². The van der Waals surface area contributed by atoms with Gasteiger partial charge in [-0.3, -0.25) is 0 Å². The molecule has 1 nitrogen and oxygen atoms in total. The van der Waals surface area contributed by atoms with Crippen molar-refractivity contribution in [3.63, 3.8) is 0 Å². The van der Waals surface area contributed by atoms with Crippen molar-refractivity contribution in [3.05, 3.63) is 22.3 Å². The average Bonchev–Trinajstić information content (AvgIpc) is 4.14. The van der Waals surface area contributed by atoms with Crippen LogP contribution in [0.25, 0.3) is 291 Å². The molecule has 0 amide bonds. The van der Waals surface area contributed by atoms with Gasteiger partial charge < -0.3 is 4.79 Å². The van der Waals surface area contributed by atoms with E-state index in [0.29, 0.717) is 0 Å². The summed E-state index contributed by atoms with van der Waals surface area (Å²) in [5.74, 6) is 0. The lowest BCUT2D eigenvalue weighted by Gasteiger charge is -2.32. The van der Waals surface area contributed by atoms with Crippen LogP contribution in [0.2, 0.25) is 0 Å². The summed E-state index contributed by atoms with van der Waals surface area (Å²) in [7, 11) is 0. The van der Waals surface area contributed by atoms with Crippen molar-refractivity contribution in [2.75, 3.05) is 0 Å². The molecule has 33 rings (SSSR count). The number of aldehydes is 1. The first-order chi connectivity index (χ1) is 31.8. The highest BCUT2D eigenvalue weighted by molar-refractivity contribution is 6.82. The molecule has 2 spiro atoms. The summed E-state index contributed by atoms with van der Waals surface area (Å²) in [6, 6.07) is 0. The van der Waals surface area contributed by atoms with Crippen molar-refractivity contribution in [1.82, 2.24) is 0 Å². The Kier molecular flexibility index (Phi) is 1.65. The maximum atomic E-state index is 15.2. The number of rotatable bonds is 1. The Balaban J connectivity index is 1.29. The van der Waals surface area contributed by atoms with Gasteiger partial charge in [-0.25, -0.2) is 0 Å². The van der Waals surface area contributed by atoms with Gasteiger partial charge in [0, 0.05) is 0 Å². The van der Waals surface area contributed by atoms with Crippen LogP contribution in [0.15, 0.2) is 0 Å². The summed E-state index contributed by atoms with van der Waals surface area (Å²) in [4.78, 5) is 15.2. The van der Waals surface area contributed by atoms with Crippen LogP contribution in [0.1, 0.15) is 29.2 Å². The molecule has 0 radical (unpaired) electrons. The van der Waals surface area contributed by atoms with E-state index >= 15 is 4.79 Å². The fourth-order valence-electron chi connectivity index (χ4n) is 25.2. The molecule has 5 aliphatic rings. The molecule has 1 heteroatoms. The third-order valence-electron chi connectivity index (χ3n) is 25.0. The Bertz CT molecular complexity index is 6460. The van der Waals surface area contributed by atoms with E-state index in [1.165, 1.54) is 0 Å². The summed E-state index contributed by atoms with van der Waals surface area (Å²) in [6.07, 6.45) is 1.55. The zero-order valence-electron chi connectivity index (χ0n) is 32.5. The molecule has 1 fully saturated rings. The summed E-state index contributed by atoms with van der Waals surface area (Å²) in [6.45, 7) is 2.49. The second kappa shape index (κ2) is 4.71. The molecule has 0 unspecified atom stereocenters. The van der Waals surface area contributed by atoms with E-state index in [0.717, 1.165) is 0 Å². The van der Waals surface area contributed by atoms with Crippen molar-refractivity contribution >= 4 is 297 Å². The third kappa shape index (κ3) is 1.04. The summed E-state index contributed by atoms with van der Waals surface area (Å²) >= 11 is 0. The molecule has 0 N–H and O–H groups in total. The largest absolute Gasteiger partial charge is 0.303 e. The predicted octanol–water partition coefficient (Wildman–Crippen LogP) is 16.5. The first-order valence-corrected chi connectivity index (χ1v) is 24.0. The van der Waals surface area contributed by atoms with Crippen LogP contribution < -0.4 is 0 Å². The van der Waals surface area contributed by atoms with Crippen LogP contribution in [-0.4, -0.2) is 6.29 Å². The molecular weight excluding hydrogens is 773 g/mol. The van der Waals surface area contributed by atoms with Gasteiger partial charge in [-0.1, -0.05) is 6.92 Å². The highest BCUT2D eigenvalue weighted by atomic mass is 16.1. The van der Waals surface area contributed by atoms with Crippen molar-refractivity contribution in [1.29, 1.82) is 0 Å². The Hall–Kier alpha value is -7.87. The van der Waals surface area contributed by atoms with Gasteiger partial charge in [0.25, 0.3) is 0 Å². The van der Waals surface area contributed by atoms with Crippen molar-refractivity contribution < 1.29 is 4.79 Å². The van der Waals surface area contributed by atoms with Gasteiger partial charge in [0.2, 0.25) is 0 Å². The molecule has 0 heterocycles. The first kappa shape index (κ1) is 22.5. The van der Waals surface area contributed by atoms with E-state index in [4.69, 9.17) is 0 Å². The van der Waals surface area contributed by atoms with E-state index in [-0.39, 0.29) is 0 Å². The number of benzene rings is 18. The van der Waals surface area contributed by atoms with E-state index in [9.17, 15) is 0 Å². The SMILES string of the molecule is CC1(C=O)C23c4c5c6c7c8c9c(c%10c%11c2c2c4c4c%12c5c5c6c6c8c8c%13c9c9c%10c%10c%11c%11c2c2c4c4c%12c%12c5c5c6c8c6c8c%13c9c9c%10c%10c%11c2c2c4c4c%12c5c6c5c8c9c%10c2c45)C713. The molecule has 0 aliphatic heterocycles. The normalized spacial score (nSPS) is 25.5. The monoisotopic (exact) mass is 776 g/mol. The number of carbonyl (C=O) groups is 1. The Morgan fingerprint density at radius 1 is 0.188 bits per heavy atom. The topological polar surface area (TPSA) is 17.1 Å². The van der Waals surface area contributed by atoms with E-state index in [1.807, 2.05) is 0 Å². The lowest BCUT2D eigenvalue weighted by Crippen LogP contribution is -2.27.